The zero-order valence-corrected chi connectivity index (χ0v) is 23.3. The number of benzene rings is 3. The van der Waals surface area contributed by atoms with Gasteiger partial charge in [0, 0.05) is 53.3 Å². The van der Waals surface area contributed by atoms with E-state index < -0.39 is 11.7 Å². The van der Waals surface area contributed by atoms with Crippen molar-refractivity contribution in [3.8, 4) is 0 Å². The molecule has 3 aromatic carbocycles. The number of thioether (sulfide) groups is 1. The van der Waals surface area contributed by atoms with E-state index in [9.17, 15) is 18.8 Å². The number of anilines is 3. The Labute approximate surface area is 241 Å². The summed E-state index contributed by atoms with van der Waals surface area (Å²) < 4.78 is 15.4. The van der Waals surface area contributed by atoms with Gasteiger partial charge in [0.05, 0.1) is 17.1 Å². The van der Waals surface area contributed by atoms with Crippen LogP contribution in [0.4, 0.5) is 21.5 Å². The summed E-state index contributed by atoms with van der Waals surface area (Å²) in [5.41, 5.74) is 3.76. The molecule has 41 heavy (non-hydrogen) atoms. The Morgan fingerprint density at radius 2 is 1.56 bits per heavy atom. The molecule has 0 unspecified atom stereocenters. The molecule has 2 aliphatic rings. The van der Waals surface area contributed by atoms with Gasteiger partial charge in [0.2, 0.25) is 0 Å². The molecule has 4 aromatic rings. The summed E-state index contributed by atoms with van der Waals surface area (Å²) in [5.74, 6) is -0.674. The number of rotatable bonds is 6. The number of piperidine rings is 1. The Bertz CT molecular complexity index is 1690. The van der Waals surface area contributed by atoms with Gasteiger partial charge in [0.15, 0.2) is 0 Å². The molecule has 2 amide bonds. The van der Waals surface area contributed by atoms with Gasteiger partial charge in [-0.05, 0) is 79.3 Å². The molecule has 1 saturated heterocycles. The second kappa shape index (κ2) is 11.2. The molecular weight excluding hydrogens is 539 g/mol. The quantitative estimate of drug-likeness (QED) is 0.286. The van der Waals surface area contributed by atoms with Crippen molar-refractivity contribution < 1.29 is 14.0 Å². The van der Waals surface area contributed by atoms with Crippen LogP contribution in [0.5, 0.6) is 0 Å². The third-order valence-electron chi connectivity index (χ3n) is 7.79. The zero-order valence-electron chi connectivity index (χ0n) is 22.5. The second-order valence-corrected chi connectivity index (χ2v) is 11.3. The molecular formula is C32H29FN4O3S. The molecule has 1 fully saturated rings. The molecule has 7 nitrogen and oxygen atoms in total. The monoisotopic (exact) mass is 568 g/mol. The molecule has 1 aromatic heterocycles. The normalized spacial score (nSPS) is 17.5. The van der Waals surface area contributed by atoms with E-state index in [1.54, 1.807) is 30.0 Å². The highest BCUT2D eigenvalue weighted by Crippen LogP contribution is 2.39. The van der Waals surface area contributed by atoms with Gasteiger partial charge in [-0.15, -0.1) is 11.8 Å². The summed E-state index contributed by atoms with van der Waals surface area (Å²) in [6.45, 7) is 2.03. The molecule has 9 heteroatoms. The van der Waals surface area contributed by atoms with Crippen molar-refractivity contribution in [3.05, 3.63) is 118 Å². The van der Waals surface area contributed by atoms with Crippen LogP contribution in [0.3, 0.4) is 0 Å². The molecule has 0 radical (unpaired) electrons. The molecule has 2 bridgehead atoms. The number of aromatic nitrogens is 1. The average molecular weight is 569 g/mol. The van der Waals surface area contributed by atoms with Crippen molar-refractivity contribution in [3.63, 3.8) is 0 Å². The maximum absolute atomic E-state index is 13.5. The Hall–Kier alpha value is -4.37. The first-order valence-corrected chi connectivity index (χ1v) is 14.7. The Kier molecular flexibility index (Phi) is 7.36. The van der Waals surface area contributed by atoms with Gasteiger partial charge >= 0.3 is 0 Å². The first-order valence-electron chi connectivity index (χ1n) is 13.5. The fourth-order valence-electron chi connectivity index (χ4n) is 5.88. The SMILES string of the molecule is CSc1ccccc1NC(=O)c1ccc(N2C[C@H]3C[C@@H](C2)c2cccc(=O)n2C3)c(NC(=O)c2ccc(F)cc2)c1. The standard InChI is InChI=1S/C32H29FN4O3S/c1-41-29-7-3-2-5-25(29)34-32(40)22-11-14-28(26(16-22)35-31(39)21-9-12-24(33)13-10-21)36-17-20-15-23(19-36)27-6-4-8-30(38)37(27)18-20/h2-14,16,20,23H,15,17-19H2,1H3,(H,34,40)(H,35,39)/t20-,23+/m1/s1. The van der Waals surface area contributed by atoms with E-state index in [1.807, 2.05) is 53.3 Å². The summed E-state index contributed by atoms with van der Waals surface area (Å²) in [5, 5.41) is 5.96. The average Bonchev–Trinajstić information content (AvgIpc) is 2.98. The number of pyridine rings is 1. The summed E-state index contributed by atoms with van der Waals surface area (Å²) in [6.07, 6.45) is 2.94. The van der Waals surface area contributed by atoms with Crippen LogP contribution in [0.2, 0.25) is 0 Å². The van der Waals surface area contributed by atoms with Crippen LogP contribution in [-0.2, 0) is 6.54 Å². The van der Waals surface area contributed by atoms with Crippen LogP contribution >= 0.6 is 11.8 Å². The Balaban J connectivity index is 1.33. The van der Waals surface area contributed by atoms with E-state index in [2.05, 4.69) is 15.5 Å². The van der Waals surface area contributed by atoms with E-state index >= 15 is 0 Å². The molecule has 0 aliphatic carbocycles. The highest BCUT2D eigenvalue weighted by Gasteiger charge is 2.35. The summed E-state index contributed by atoms with van der Waals surface area (Å²) >= 11 is 1.54. The van der Waals surface area contributed by atoms with Gasteiger partial charge in [0.1, 0.15) is 5.82 Å². The minimum atomic E-state index is -0.425. The van der Waals surface area contributed by atoms with Gasteiger partial charge in [0.25, 0.3) is 17.4 Å². The Morgan fingerprint density at radius 3 is 2.37 bits per heavy atom. The van der Waals surface area contributed by atoms with E-state index in [0.717, 1.165) is 22.7 Å². The first-order chi connectivity index (χ1) is 19.9. The number of amides is 2. The second-order valence-electron chi connectivity index (χ2n) is 10.5. The fraction of sp³-hybridized carbons (Fsp3) is 0.219. The van der Waals surface area contributed by atoms with Gasteiger partial charge < -0.3 is 20.1 Å². The number of fused-ring (bicyclic) bond motifs is 4. The van der Waals surface area contributed by atoms with Crippen molar-refractivity contribution >= 4 is 40.6 Å². The largest absolute Gasteiger partial charge is 0.369 e. The molecule has 2 aliphatic heterocycles. The molecule has 0 saturated carbocycles. The number of carbonyl (C=O) groups is 2. The number of hydrogen-bond donors (Lipinski definition) is 2. The van der Waals surface area contributed by atoms with E-state index in [0.29, 0.717) is 42.1 Å². The summed E-state index contributed by atoms with van der Waals surface area (Å²) in [7, 11) is 0. The maximum Gasteiger partial charge on any atom is 0.255 e. The highest BCUT2D eigenvalue weighted by molar-refractivity contribution is 7.98. The van der Waals surface area contributed by atoms with Crippen molar-refractivity contribution in [2.24, 2.45) is 5.92 Å². The van der Waals surface area contributed by atoms with Crippen LogP contribution < -0.4 is 21.1 Å². The van der Waals surface area contributed by atoms with Gasteiger partial charge in [-0.25, -0.2) is 4.39 Å². The van der Waals surface area contributed by atoms with Gasteiger partial charge in [-0.2, -0.15) is 0 Å². The number of carbonyl (C=O) groups excluding carboxylic acids is 2. The van der Waals surface area contributed by atoms with Crippen LogP contribution in [-0.4, -0.2) is 35.7 Å². The van der Waals surface area contributed by atoms with E-state index in [1.165, 1.54) is 24.3 Å². The topological polar surface area (TPSA) is 83.4 Å². The van der Waals surface area contributed by atoms with Crippen molar-refractivity contribution in [1.29, 1.82) is 0 Å². The lowest BCUT2D eigenvalue weighted by Crippen LogP contribution is -2.47. The molecule has 0 spiro atoms. The molecule has 3 heterocycles. The molecule has 2 N–H and O–H groups in total. The number of nitrogens with one attached hydrogen (secondary N) is 2. The number of hydrogen-bond acceptors (Lipinski definition) is 5. The van der Waals surface area contributed by atoms with Crippen molar-refractivity contribution in [1.82, 2.24) is 4.57 Å². The lowest BCUT2D eigenvalue weighted by molar-refractivity contribution is 0.101. The van der Waals surface area contributed by atoms with Crippen molar-refractivity contribution in [2.45, 2.75) is 23.8 Å². The maximum atomic E-state index is 13.5. The Morgan fingerprint density at radius 1 is 0.829 bits per heavy atom. The summed E-state index contributed by atoms with van der Waals surface area (Å²) in [4.78, 5) is 42.2. The highest BCUT2D eigenvalue weighted by atomic mass is 32.2. The minimum absolute atomic E-state index is 0.0244. The lowest BCUT2D eigenvalue weighted by atomic mass is 9.83. The zero-order chi connectivity index (χ0) is 28.5. The number of para-hydroxylation sites is 1. The van der Waals surface area contributed by atoms with Crippen LogP contribution in [0.25, 0.3) is 0 Å². The molecule has 2 atom stereocenters. The van der Waals surface area contributed by atoms with E-state index in [4.69, 9.17) is 0 Å². The molecule has 6 rings (SSSR count). The van der Waals surface area contributed by atoms with Crippen LogP contribution in [0, 0.1) is 11.7 Å². The smallest absolute Gasteiger partial charge is 0.255 e. The van der Waals surface area contributed by atoms with Crippen LogP contribution in [0.15, 0.2) is 94.6 Å². The van der Waals surface area contributed by atoms with Crippen LogP contribution in [0.1, 0.15) is 38.7 Å². The number of halogens is 1. The summed E-state index contributed by atoms with van der Waals surface area (Å²) in [6, 6.07) is 23.7. The van der Waals surface area contributed by atoms with Crippen molar-refractivity contribution in [2.75, 3.05) is 34.9 Å². The third-order valence-corrected chi connectivity index (χ3v) is 8.58. The fourth-order valence-corrected chi connectivity index (χ4v) is 6.44. The third kappa shape index (κ3) is 5.50. The van der Waals surface area contributed by atoms with E-state index in [-0.39, 0.29) is 23.3 Å². The predicted octanol–water partition coefficient (Wildman–Crippen LogP) is 5.84. The lowest BCUT2D eigenvalue weighted by Gasteiger charge is -2.44. The first kappa shape index (κ1) is 26.8. The van der Waals surface area contributed by atoms with Gasteiger partial charge in [-0.1, -0.05) is 18.2 Å². The predicted molar refractivity (Wildman–Crippen MR) is 161 cm³/mol. The van der Waals surface area contributed by atoms with Gasteiger partial charge in [-0.3, -0.25) is 14.4 Å². The molecule has 208 valence electrons. The number of nitrogens with zero attached hydrogens (tertiary/aromatic N) is 2. The minimum Gasteiger partial charge on any atom is -0.369 e.